The lowest BCUT2D eigenvalue weighted by Gasteiger charge is -2.18. The van der Waals surface area contributed by atoms with E-state index in [2.05, 4.69) is 0 Å². The molecule has 1 aromatic carbocycles. The molecule has 0 spiro atoms. The fourth-order valence-corrected chi connectivity index (χ4v) is 3.37. The second kappa shape index (κ2) is 8.99. The van der Waals surface area contributed by atoms with Crippen LogP contribution in [0.25, 0.3) is 0 Å². The number of esters is 2. The molecule has 0 fully saturated rings. The first-order chi connectivity index (χ1) is 12.3. The van der Waals surface area contributed by atoms with Gasteiger partial charge in [0.05, 0.1) is 5.92 Å². The normalized spacial score (nSPS) is 12.5. The van der Waals surface area contributed by atoms with Crippen LogP contribution >= 0.6 is 11.3 Å². The molecular formula is C21H26O4S. The van der Waals surface area contributed by atoms with E-state index in [0.717, 1.165) is 10.4 Å². The van der Waals surface area contributed by atoms with Crippen molar-refractivity contribution in [1.82, 2.24) is 0 Å². The maximum absolute atomic E-state index is 12.4. The van der Waals surface area contributed by atoms with E-state index < -0.39 is 5.60 Å². The molecule has 0 aliphatic carbocycles. The van der Waals surface area contributed by atoms with Gasteiger partial charge in [0.25, 0.3) is 0 Å². The van der Waals surface area contributed by atoms with Gasteiger partial charge in [0.15, 0.2) is 0 Å². The SMILES string of the molecule is CCC(Cc1ccc(C(=O)OC(C)(C)C)s1)C(=O)OCc1ccccc1. The van der Waals surface area contributed by atoms with Gasteiger partial charge >= 0.3 is 11.9 Å². The van der Waals surface area contributed by atoms with Gasteiger partial charge in [-0.3, -0.25) is 4.79 Å². The maximum atomic E-state index is 12.4. The molecule has 0 saturated carbocycles. The standard InChI is InChI=1S/C21H26O4S/c1-5-16(19(22)24-14-15-9-7-6-8-10-15)13-17-11-12-18(26-17)20(23)25-21(2,3)4/h6-12,16H,5,13-14H2,1-4H3. The molecule has 0 saturated heterocycles. The summed E-state index contributed by atoms with van der Waals surface area (Å²) in [6, 6.07) is 13.3. The average molecular weight is 375 g/mol. The molecule has 26 heavy (non-hydrogen) atoms. The summed E-state index contributed by atoms with van der Waals surface area (Å²) in [4.78, 5) is 26.0. The van der Waals surface area contributed by atoms with Gasteiger partial charge in [0, 0.05) is 4.88 Å². The van der Waals surface area contributed by atoms with Crippen LogP contribution in [0, 0.1) is 5.92 Å². The van der Waals surface area contributed by atoms with Gasteiger partial charge in [0.2, 0.25) is 0 Å². The number of rotatable bonds is 7. The molecule has 1 heterocycles. The highest BCUT2D eigenvalue weighted by atomic mass is 32.1. The van der Waals surface area contributed by atoms with Crippen LogP contribution in [0.2, 0.25) is 0 Å². The molecule has 1 unspecified atom stereocenters. The number of hydrogen-bond acceptors (Lipinski definition) is 5. The first kappa shape index (κ1) is 20.2. The summed E-state index contributed by atoms with van der Waals surface area (Å²) in [5.41, 5.74) is 0.452. The summed E-state index contributed by atoms with van der Waals surface area (Å²) in [5.74, 6) is -0.749. The van der Waals surface area contributed by atoms with Crippen LogP contribution in [-0.2, 0) is 27.3 Å². The zero-order valence-corrected chi connectivity index (χ0v) is 16.6. The van der Waals surface area contributed by atoms with Gasteiger partial charge in [-0.2, -0.15) is 0 Å². The molecule has 0 amide bonds. The molecule has 2 rings (SSSR count). The van der Waals surface area contributed by atoms with Crippen LogP contribution in [0.3, 0.4) is 0 Å². The molecule has 0 aliphatic rings. The number of hydrogen-bond donors (Lipinski definition) is 0. The Morgan fingerprint density at radius 1 is 1.08 bits per heavy atom. The van der Waals surface area contributed by atoms with Crippen molar-refractivity contribution in [2.45, 2.75) is 52.7 Å². The van der Waals surface area contributed by atoms with Crippen molar-refractivity contribution >= 4 is 23.3 Å². The summed E-state index contributed by atoms with van der Waals surface area (Å²) in [7, 11) is 0. The molecule has 1 aromatic heterocycles. The number of carbonyl (C=O) groups is 2. The fraction of sp³-hybridized carbons (Fsp3) is 0.429. The Hall–Kier alpha value is -2.14. The van der Waals surface area contributed by atoms with E-state index in [1.807, 2.05) is 64.1 Å². The highest BCUT2D eigenvalue weighted by molar-refractivity contribution is 7.13. The van der Waals surface area contributed by atoms with E-state index >= 15 is 0 Å². The minimum atomic E-state index is -0.519. The molecular weight excluding hydrogens is 348 g/mol. The number of thiophene rings is 1. The molecule has 2 aromatic rings. The number of ether oxygens (including phenoxy) is 2. The molecule has 0 bridgehead atoms. The van der Waals surface area contributed by atoms with Crippen molar-refractivity contribution in [2.75, 3.05) is 0 Å². The fourth-order valence-electron chi connectivity index (χ4n) is 2.41. The second-order valence-corrected chi connectivity index (χ2v) is 8.34. The number of benzene rings is 1. The van der Waals surface area contributed by atoms with Crippen LogP contribution in [0.5, 0.6) is 0 Å². The van der Waals surface area contributed by atoms with Gasteiger partial charge in [-0.15, -0.1) is 11.3 Å². The topological polar surface area (TPSA) is 52.6 Å². The molecule has 1 atom stereocenters. The van der Waals surface area contributed by atoms with E-state index in [1.165, 1.54) is 11.3 Å². The Balaban J connectivity index is 1.93. The third-order valence-electron chi connectivity index (χ3n) is 3.76. The highest BCUT2D eigenvalue weighted by Gasteiger charge is 2.22. The van der Waals surface area contributed by atoms with Gasteiger partial charge < -0.3 is 9.47 Å². The zero-order valence-electron chi connectivity index (χ0n) is 15.8. The van der Waals surface area contributed by atoms with Crippen LogP contribution in [0.1, 0.15) is 54.2 Å². The predicted octanol–water partition coefficient (Wildman–Crippen LogP) is 5.02. The van der Waals surface area contributed by atoms with Gasteiger partial charge in [-0.25, -0.2) is 4.79 Å². The lowest BCUT2D eigenvalue weighted by molar-refractivity contribution is -0.150. The van der Waals surface area contributed by atoms with Crippen molar-refractivity contribution in [3.63, 3.8) is 0 Å². The molecule has 0 N–H and O–H groups in total. The first-order valence-electron chi connectivity index (χ1n) is 8.81. The predicted molar refractivity (Wildman–Crippen MR) is 103 cm³/mol. The highest BCUT2D eigenvalue weighted by Crippen LogP contribution is 2.24. The Morgan fingerprint density at radius 3 is 2.38 bits per heavy atom. The van der Waals surface area contributed by atoms with Crippen LogP contribution in [0.4, 0.5) is 0 Å². The number of carbonyl (C=O) groups excluding carboxylic acids is 2. The minimum Gasteiger partial charge on any atom is -0.461 e. The molecule has 0 aliphatic heterocycles. The Labute approximate surface area is 159 Å². The van der Waals surface area contributed by atoms with Crippen molar-refractivity contribution < 1.29 is 19.1 Å². The quantitative estimate of drug-likeness (QED) is 0.639. The maximum Gasteiger partial charge on any atom is 0.348 e. The third kappa shape index (κ3) is 6.30. The Kier molecular flexibility index (Phi) is 6.98. The minimum absolute atomic E-state index is 0.205. The lowest BCUT2D eigenvalue weighted by atomic mass is 10.0. The summed E-state index contributed by atoms with van der Waals surface area (Å²) in [6.45, 7) is 7.78. The largest absolute Gasteiger partial charge is 0.461 e. The summed E-state index contributed by atoms with van der Waals surface area (Å²) in [5, 5.41) is 0. The van der Waals surface area contributed by atoms with E-state index in [-0.39, 0.29) is 24.5 Å². The third-order valence-corrected chi connectivity index (χ3v) is 4.85. The van der Waals surface area contributed by atoms with Crippen molar-refractivity contribution in [1.29, 1.82) is 0 Å². The van der Waals surface area contributed by atoms with Crippen molar-refractivity contribution in [3.8, 4) is 0 Å². The summed E-state index contributed by atoms with van der Waals surface area (Å²) >= 11 is 1.37. The summed E-state index contributed by atoms with van der Waals surface area (Å²) < 4.78 is 10.8. The van der Waals surface area contributed by atoms with E-state index in [1.54, 1.807) is 6.07 Å². The molecule has 140 valence electrons. The van der Waals surface area contributed by atoms with Crippen molar-refractivity contribution in [3.05, 3.63) is 57.8 Å². The first-order valence-corrected chi connectivity index (χ1v) is 9.62. The van der Waals surface area contributed by atoms with Gasteiger partial charge in [-0.05, 0) is 51.3 Å². The summed E-state index contributed by atoms with van der Waals surface area (Å²) in [6.07, 6.45) is 1.25. The van der Waals surface area contributed by atoms with Crippen molar-refractivity contribution in [2.24, 2.45) is 5.92 Å². The lowest BCUT2D eigenvalue weighted by Crippen LogP contribution is -2.23. The van der Waals surface area contributed by atoms with E-state index in [9.17, 15) is 9.59 Å². The van der Waals surface area contributed by atoms with E-state index in [4.69, 9.17) is 9.47 Å². The molecule has 5 heteroatoms. The van der Waals surface area contributed by atoms with Crippen LogP contribution in [0.15, 0.2) is 42.5 Å². The second-order valence-electron chi connectivity index (χ2n) is 7.17. The zero-order chi connectivity index (χ0) is 19.2. The Bertz CT molecular complexity index is 728. The smallest absolute Gasteiger partial charge is 0.348 e. The molecule has 4 nitrogen and oxygen atoms in total. The average Bonchev–Trinajstić information content (AvgIpc) is 3.06. The molecule has 0 radical (unpaired) electrons. The van der Waals surface area contributed by atoms with Gasteiger partial charge in [-0.1, -0.05) is 37.3 Å². The van der Waals surface area contributed by atoms with Crippen LogP contribution < -0.4 is 0 Å². The monoisotopic (exact) mass is 374 g/mol. The van der Waals surface area contributed by atoms with Crippen LogP contribution in [-0.4, -0.2) is 17.5 Å². The van der Waals surface area contributed by atoms with E-state index in [0.29, 0.717) is 17.7 Å². The Morgan fingerprint density at radius 2 is 1.77 bits per heavy atom. The van der Waals surface area contributed by atoms with Gasteiger partial charge in [0.1, 0.15) is 17.1 Å².